The van der Waals surface area contributed by atoms with Crippen molar-refractivity contribution >= 4 is 17.8 Å². The predicted octanol–water partition coefficient (Wildman–Crippen LogP) is 2.34. The molecule has 7 heteroatoms. The Morgan fingerprint density at radius 2 is 1.42 bits per heavy atom. The van der Waals surface area contributed by atoms with E-state index in [4.69, 9.17) is 9.68 Å². The fraction of sp³-hybridized carbons (Fsp3) is 0.471. The van der Waals surface area contributed by atoms with E-state index in [-0.39, 0.29) is 19.6 Å². The molecule has 130 valence electrons. The lowest BCUT2D eigenvalue weighted by Gasteiger charge is -2.42. The summed E-state index contributed by atoms with van der Waals surface area (Å²) in [6.45, 7) is 7.08. The van der Waals surface area contributed by atoms with Gasteiger partial charge in [-0.15, -0.1) is 10.1 Å². The molecule has 1 aromatic carbocycles. The summed E-state index contributed by atoms with van der Waals surface area (Å²) in [5.74, 6) is -1.38. The average molecular weight is 334 g/mol. The number of rotatable bonds is 6. The van der Waals surface area contributed by atoms with Crippen LogP contribution >= 0.6 is 0 Å². The number of amides is 4. The van der Waals surface area contributed by atoms with Crippen LogP contribution in [0.1, 0.15) is 38.3 Å². The summed E-state index contributed by atoms with van der Waals surface area (Å²) in [5, 5.41) is 1.26. The van der Waals surface area contributed by atoms with Crippen LogP contribution in [0.25, 0.3) is 0 Å². The van der Waals surface area contributed by atoms with Crippen LogP contribution in [-0.4, -0.2) is 41.2 Å². The van der Waals surface area contributed by atoms with E-state index in [2.05, 4.69) is 0 Å². The van der Waals surface area contributed by atoms with Crippen LogP contribution in [0.4, 0.5) is 4.79 Å². The molecule has 1 aliphatic heterocycles. The molecule has 0 unspecified atom stereocenters. The summed E-state index contributed by atoms with van der Waals surface area (Å²) < 4.78 is 0. The van der Waals surface area contributed by atoms with Gasteiger partial charge in [-0.05, 0) is 38.3 Å². The smallest absolute Gasteiger partial charge is 0.270 e. The van der Waals surface area contributed by atoms with Crippen molar-refractivity contribution in [1.29, 1.82) is 0 Å². The monoisotopic (exact) mass is 334 g/mol. The molecule has 24 heavy (non-hydrogen) atoms. The van der Waals surface area contributed by atoms with Gasteiger partial charge in [0.05, 0.1) is 13.2 Å². The number of imide groups is 2. The maximum atomic E-state index is 13.1. The van der Waals surface area contributed by atoms with Crippen molar-refractivity contribution in [3.05, 3.63) is 35.4 Å². The topological polar surface area (TPSA) is 76.2 Å². The number of benzene rings is 1. The zero-order chi connectivity index (χ0) is 17.9. The van der Waals surface area contributed by atoms with E-state index in [0.717, 1.165) is 5.56 Å². The van der Waals surface area contributed by atoms with Crippen LogP contribution in [0.2, 0.25) is 0 Å². The van der Waals surface area contributed by atoms with Crippen molar-refractivity contribution in [3.8, 4) is 0 Å². The maximum absolute atomic E-state index is 13.1. The summed E-state index contributed by atoms with van der Waals surface area (Å²) in [5.41, 5.74) is -0.225. The first-order chi connectivity index (χ1) is 11.4. The maximum Gasteiger partial charge on any atom is 0.382 e. The Balaban J connectivity index is 2.67. The quantitative estimate of drug-likeness (QED) is 0.746. The molecule has 1 saturated heterocycles. The molecule has 7 nitrogen and oxygen atoms in total. The zero-order valence-electron chi connectivity index (χ0n) is 14.4. The van der Waals surface area contributed by atoms with Crippen LogP contribution in [0.5, 0.6) is 0 Å². The van der Waals surface area contributed by atoms with E-state index >= 15 is 0 Å². The first-order valence-electron chi connectivity index (χ1n) is 8.00. The largest absolute Gasteiger partial charge is 0.382 e. The third-order valence-corrected chi connectivity index (χ3v) is 4.10. The predicted molar refractivity (Wildman–Crippen MR) is 85.5 cm³/mol. The van der Waals surface area contributed by atoms with Gasteiger partial charge in [0.1, 0.15) is 0 Å². The summed E-state index contributed by atoms with van der Waals surface area (Å²) >= 11 is 0. The van der Waals surface area contributed by atoms with Crippen LogP contribution in [0, 0.1) is 6.92 Å². The summed E-state index contributed by atoms with van der Waals surface area (Å²) in [6, 6.07) is 6.20. The Hall–Kier alpha value is -2.25. The number of hydrogen-bond donors (Lipinski definition) is 0. The van der Waals surface area contributed by atoms with Gasteiger partial charge in [-0.25, -0.2) is 4.79 Å². The molecule has 1 aliphatic rings. The third-order valence-electron chi connectivity index (χ3n) is 4.10. The normalized spacial score (nSPS) is 17.6. The highest BCUT2D eigenvalue weighted by atomic mass is 16.7. The summed E-state index contributed by atoms with van der Waals surface area (Å²) in [7, 11) is 0. The van der Waals surface area contributed by atoms with E-state index in [1.54, 1.807) is 32.9 Å². The summed E-state index contributed by atoms with van der Waals surface area (Å²) in [6.07, 6.45) is 0.177. The fourth-order valence-corrected chi connectivity index (χ4v) is 2.96. The summed E-state index contributed by atoms with van der Waals surface area (Å²) in [4.78, 5) is 49.0. The Kier molecular flexibility index (Phi) is 5.36. The number of carbonyl (C=O) groups excluding carboxylic acids is 3. The van der Waals surface area contributed by atoms with E-state index < -0.39 is 23.3 Å². The second-order valence-corrected chi connectivity index (χ2v) is 5.39. The molecule has 1 aromatic rings. The van der Waals surface area contributed by atoms with Gasteiger partial charge in [0, 0.05) is 0 Å². The molecular formula is C17H22N2O5. The lowest BCUT2D eigenvalue weighted by molar-refractivity contribution is -0.216. The molecule has 4 amide bonds. The van der Waals surface area contributed by atoms with Gasteiger partial charge in [0.2, 0.25) is 0 Å². The van der Waals surface area contributed by atoms with Gasteiger partial charge in [-0.1, -0.05) is 31.2 Å². The number of urea groups is 1. The molecule has 1 fully saturated rings. The molecule has 0 bridgehead atoms. The fourth-order valence-electron chi connectivity index (χ4n) is 2.96. The van der Waals surface area contributed by atoms with E-state index in [1.165, 1.54) is 0 Å². The second kappa shape index (κ2) is 7.11. The van der Waals surface area contributed by atoms with Crippen molar-refractivity contribution < 1.29 is 24.1 Å². The van der Waals surface area contributed by atoms with Crippen LogP contribution < -0.4 is 0 Å². The molecule has 0 N–H and O–H groups in total. The van der Waals surface area contributed by atoms with E-state index in [0.29, 0.717) is 15.7 Å². The van der Waals surface area contributed by atoms with Crippen LogP contribution in [-0.2, 0) is 24.7 Å². The number of carbonyl (C=O) groups is 3. The first-order valence-corrected chi connectivity index (χ1v) is 8.00. The molecular weight excluding hydrogens is 312 g/mol. The van der Waals surface area contributed by atoms with Crippen molar-refractivity contribution in [2.24, 2.45) is 0 Å². The van der Waals surface area contributed by atoms with Gasteiger partial charge in [-0.3, -0.25) is 19.3 Å². The minimum Gasteiger partial charge on any atom is -0.270 e. The molecule has 0 aliphatic carbocycles. The highest BCUT2D eigenvalue weighted by molar-refractivity contribution is 6.21. The Bertz CT molecular complexity index is 630. The van der Waals surface area contributed by atoms with Gasteiger partial charge >= 0.3 is 6.03 Å². The third kappa shape index (κ3) is 2.59. The SMILES string of the molecule is CCON1C(=O)N(OCC)C(=O)C(CC)(c2ccccc2C)C1=O. The zero-order valence-corrected chi connectivity index (χ0v) is 14.4. The van der Waals surface area contributed by atoms with Gasteiger partial charge < -0.3 is 0 Å². The van der Waals surface area contributed by atoms with Crippen LogP contribution in [0.15, 0.2) is 24.3 Å². The highest BCUT2D eigenvalue weighted by Gasteiger charge is 2.59. The molecule has 0 saturated carbocycles. The number of hydrogen-bond acceptors (Lipinski definition) is 5. The van der Waals surface area contributed by atoms with Crippen molar-refractivity contribution in [2.45, 2.75) is 39.5 Å². The Labute approximate surface area is 141 Å². The molecule has 0 aromatic heterocycles. The molecule has 2 rings (SSSR count). The van der Waals surface area contributed by atoms with Crippen molar-refractivity contribution in [2.75, 3.05) is 13.2 Å². The average Bonchev–Trinajstić information content (AvgIpc) is 2.58. The van der Waals surface area contributed by atoms with Gasteiger partial charge in [0.15, 0.2) is 5.41 Å². The first kappa shape index (κ1) is 18.1. The minimum absolute atomic E-state index is 0.110. The lowest BCUT2D eigenvalue weighted by Crippen LogP contribution is -2.66. The van der Waals surface area contributed by atoms with Crippen molar-refractivity contribution in [1.82, 2.24) is 10.1 Å². The molecule has 1 heterocycles. The number of aryl methyl sites for hydroxylation is 1. The van der Waals surface area contributed by atoms with Gasteiger partial charge in [-0.2, -0.15) is 0 Å². The minimum atomic E-state index is -1.55. The highest BCUT2D eigenvalue weighted by Crippen LogP contribution is 2.38. The standard InChI is InChI=1S/C17H22N2O5/c1-5-17(13-11-9-8-10-12(13)4)14(20)18(23-6-2)16(22)19(15(17)21)24-7-3/h8-11H,5-7H2,1-4H3. The Morgan fingerprint density at radius 1 is 0.917 bits per heavy atom. The van der Waals surface area contributed by atoms with Gasteiger partial charge in [0.25, 0.3) is 11.8 Å². The van der Waals surface area contributed by atoms with E-state index in [1.807, 2.05) is 19.1 Å². The second-order valence-electron chi connectivity index (χ2n) is 5.39. The number of barbiturate groups is 1. The Morgan fingerprint density at radius 3 is 1.83 bits per heavy atom. The number of nitrogens with zero attached hydrogens (tertiary/aromatic N) is 2. The molecule has 0 atom stereocenters. The number of hydroxylamine groups is 4. The molecule has 0 spiro atoms. The van der Waals surface area contributed by atoms with Crippen molar-refractivity contribution in [3.63, 3.8) is 0 Å². The van der Waals surface area contributed by atoms with E-state index in [9.17, 15) is 14.4 Å². The lowest BCUT2D eigenvalue weighted by atomic mass is 9.73. The molecule has 0 radical (unpaired) electrons. The van der Waals surface area contributed by atoms with Crippen LogP contribution in [0.3, 0.4) is 0 Å².